The minimum Gasteiger partial charge on any atom is -0.462 e. The number of esters is 1. The van der Waals surface area contributed by atoms with Crippen LogP contribution in [0, 0.1) is 0 Å². The van der Waals surface area contributed by atoms with Gasteiger partial charge in [-0.1, -0.05) is 67.8 Å². The van der Waals surface area contributed by atoms with Crippen molar-refractivity contribution in [1.29, 1.82) is 0 Å². The smallest absolute Gasteiger partial charge is 0.335 e. The summed E-state index contributed by atoms with van der Waals surface area (Å²) < 4.78 is 10.5. The summed E-state index contributed by atoms with van der Waals surface area (Å²) in [5, 5.41) is 17.0. The molecule has 1 unspecified atom stereocenters. The topological polar surface area (TPSA) is 93.1 Å². The zero-order chi connectivity index (χ0) is 25.3. The van der Waals surface area contributed by atoms with Crippen molar-refractivity contribution in [3.63, 3.8) is 0 Å². The summed E-state index contributed by atoms with van der Waals surface area (Å²) >= 11 is 0. The van der Waals surface area contributed by atoms with Crippen molar-refractivity contribution < 1.29 is 29.3 Å². The Morgan fingerprint density at radius 2 is 1.56 bits per heavy atom. The van der Waals surface area contributed by atoms with E-state index in [2.05, 4.69) is 56.1 Å². The molecule has 0 aliphatic rings. The Morgan fingerprint density at radius 3 is 2.00 bits per heavy atom. The van der Waals surface area contributed by atoms with Crippen molar-refractivity contribution in [2.75, 3.05) is 33.5 Å². The summed E-state index contributed by atoms with van der Waals surface area (Å²) in [6.07, 6.45) is 4.44. The second-order valence-electron chi connectivity index (χ2n) is 7.59. The number of hydrogen-bond acceptors (Lipinski definition) is 6. The summed E-state index contributed by atoms with van der Waals surface area (Å²) in [5.74, 6) is -0.674. The van der Waals surface area contributed by atoms with Crippen molar-refractivity contribution in [3.8, 4) is 11.1 Å². The average molecular weight is 467 g/mol. The molecule has 0 amide bonds. The summed E-state index contributed by atoms with van der Waals surface area (Å²) in [7, 11) is 1.61. The van der Waals surface area contributed by atoms with Gasteiger partial charge in [0.05, 0.1) is 25.4 Å². The number of hydrogen-bond donors (Lipinski definition) is 2. The molecule has 2 rings (SSSR count). The normalized spacial score (nSPS) is 10.9. The third-order valence-electron chi connectivity index (χ3n) is 4.94. The molecule has 0 aliphatic heterocycles. The summed E-state index contributed by atoms with van der Waals surface area (Å²) in [6.45, 7) is 10.4. The summed E-state index contributed by atoms with van der Waals surface area (Å²) in [6, 6.07) is 16.7. The second-order valence-corrected chi connectivity index (χ2v) is 7.59. The van der Waals surface area contributed by atoms with Crippen LogP contribution in [0.1, 0.15) is 23.5 Å². The van der Waals surface area contributed by atoms with Crippen LogP contribution in [0.4, 0.5) is 0 Å². The second kappa shape index (κ2) is 16.3. The molecule has 182 valence electrons. The number of aliphatic hydroxyl groups is 2. The van der Waals surface area contributed by atoms with Gasteiger partial charge in [0.2, 0.25) is 0 Å². The number of allylic oxidation sites excluding steroid dienone is 1. The number of rotatable bonds is 13. The molecule has 0 heterocycles. The highest BCUT2D eigenvalue weighted by Crippen LogP contribution is 2.24. The third kappa shape index (κ3) is 10.1. The van der Waals surface area contributed by atoms with Gasteiger partial charge in [0.25, 0.3) is 0 Å². The van der Waals surface area contributed by atoms with Gasteiger partial charge in [-0.3, -0.25) is 4.79 Å². The first kappa shape index (κ1) is 28.7. The number of carbonyl (C=O) groups excluding carboxylic acids is 2. The highest BCUT2D eigenvalue weighted by atomic mass is 16.5. The van der Waals surface area contributed by atoms with Gasteiger partial charge < -0.3 is 19.7 Å². The summed E-state index contributed by atoms with van der Waals surface area (Å²) in [5.41, 5.74) is 4.86. The van der Waals surface area contributed by atoms with Crippen LogP contribution < -0.4 is 0 Å². The molecule has 0 saturated carbocycles. The van der Waals surface area contributed by atoms with E-state index in [4.69, 9.17) is 19.7 Å². The molecule has 6 heteroatoms. The first-order chi connectivity index (χ1) is 16.4. The van der Waals surface area contributed by atoms with Gasteiger partial charge >= 0.3 is 5.97 Å². The Hall–Kier alpha value is -3.32. The largest absolute Gasteiger partial charge is 0.462 e. The molecule has 6 nitrogen and oxygen atoms in total. The average Bonchev–Trinajstić information content (AvgIpc) is 2.89. The van der Waals surface area contributed by atoms with Crippen LogP contribution in [0.3, 0.4) is 0 Å². The predicted octanol–water partition coefficient (Wildman–Crippen LogP) is 4.03. The molecule has 2 aromatic carbocycles. The zero-order valence-corrected chi connectivity index (χ0v) is 19.7. The lowest BCUT2D eigenvalue weighted by Crippen LogP contribution is -2.18. The van der Waals surface area contributed by atoms with Gasteiger partial charge in [-0.2, -0.15) is 0 Å². The first-order valence-corrected chi connectivity index (χ1v) is 10.9. The van der Waals surface area contributed by atoms with E-state index in [-0.39, 0.29) is 30.3 Å². The van der Waals surface area contributed by atoms with Gasteiger partial charge in [-0.15, -0.1) is 6.58 Å². The molecule has 1 atom stereocenters. The Bertz CT molecular complexity index is 928. The van der Waals surface area contributed by atoms with Crippen molar-refractivity contribution >= 4 is 12.3 Å². The van der Waals surface area contributed by atoms with Crippen LogP contribution in [0.2, 0.25) is 0 Å². The SMILES string of the molecule is C=C(C=O)CO.C=CCCc1ccc(-c2ccc(C(COC)COC(=O)C(=C)CO)cc2)cc1. The quantitative estimate of drug-likeness (QED) is 0.200. The fraction of sp³-hybridized carbons (Fsp3) is 0.286. The number of methoxy groups -OCH3 is 1. The molecular weight excluding hydrogens is 432 g/mol. The molecule has 0 radical (unpaired) electrons. The molecule has 34 heavy (non-hydrogen) atoms. The van der Waals surface area contributed by atoms with E-state index >= 15 is 0 Å². The Balaban J connectivity index is 0.000000852. The maximum absolute atomic E-state index is 11.7. The van der Waals surface area contributed by atoms with Crippen molar-refractivity contribution in [2.45, 2.75) is 18.8 Å². The van der Waals surface area contributed by atoms with Crippen molar-refractivity contribution in [2.24, 2.45) is 0 Å². The van der Waals surface area contributed by atoms with Gasteiger partial charge in [0, 0.05) is 18.6 Å². The Morgan fingerprint density at radius 1 is 0.971 bits per heavy atom. The standard InChI is InChI=1S/C24H28O4.C4H6O2/c1-4-5-6-19-7-9-20(10-8-19)21-11-13-22(14-12-21)23(16-27-3)17-28-24(26)18(2)15-25;1-4(2-5)3-6/h4,7-14,23,25H,1-2,5-6,15-17H2,3H3;2,6H,1,3H2. The van der Waals surface area contributed by atoms with E-state index in [0.717, 1.165) is 29.5 Å². The maximum atomic E-state index is 11.7. The van der Waals surface area contributed by atoms with Crippen LogP contribution in [0.15, 0.2) is 85.5 Å². The number of carbonyl (C=O) groups is 2. The van der Waals surface area contributed by atoms with Crippen LogP contribution in [-0.4, -0.2) is 56.0 Å². The van der Waals surface area contributed by atoms with Gasteiger partial charge in [0.1, 0.15) is 12.9 Å². The molecule has 2 N–H and O–H groups in total. The van der Waals surface area contributed by atoms with Gasteiger partial charge in [-0.25, -0.2) is 4.79 Å². The minimum absolute atomic E-state index is 0.0445. The van der Waals surface area contributed by atoms with Crippen LogP contribution in [0.5, 0.6) is 0 Å². The van der Waals surface area contributed by atoms with E-state index < -0.39 is 12.6 Å². The van der Waals surface area contributed by atoms with E-state index in [1.807, 2.05) is 18.2 Å². The number of ether oxygens (including phenoxy) is 2. The molecule has 0 fully saturated rings. The number of benzene rings is 2. The lowest BCUT2D eigenvalue weighted by molar-refractivity contribution is -0.140. The highest BCUT2D eigenvalue weighted by molar-refractivity contribution is 5.87. The highest BCUT2D eigenvalue weighted by Gasteiger charge is 2.16. The third-order valence-corrected chi connectivity index (χ3v) is 4.94. The Kier molecular flexibility index (Phi) is 13.8. The number of aldehydes is 1. The lowest BCUT2D eigenvalue weighted by Gasteiger charge is -2.17. The lowest BCUT2D eigenvalue weighted by atomic mass is 9.96. The Labute approximate surface area is 201 Å². The van der Waals surface area contributed by atoms with Crippen LogP contribution in [0.25, 0.3) is 11.1 Å². The molecule has 2 aromatic rings. The van der Waals surface area contributed by atoms with E-state index in [0.29, 0.717) is 12.9 Å². The first-order valence-electron chi connectivity index (χ1n) is 10.9. The predicted molar refractivity (Wildman–Crippen MR) is 134 cm³/mol. The molecule has 0 bridgehead atoms. The van der Waals surface area contributed by atoms with Gasteiger partial charge in [0.15, 0.2) is 0 Å². The van der Waals surface area contributed by atoms with E-state index in [1.165, 1.54) is 5.56 Å². The van der Waals surface area contributed by atoms with Crippen molar-refractivity contribution in [3.05, 3.63) is 96.6 Å². The number of aliphatic hydroxyl groups excluding tert-OH is 2. The zero-order valence-electron chi connectivity index (χ0n) is 19.7. The number of aryl methyl sites for hydroxylation is 1. The molecule has 0 saturated heterocycles. The molecule has 0 spiro atoms. The van der Waals surface area contributed by atoms with Gasteiger partial charge in [-0.05, 0) is 35.1 Å². The molecular formula is C28H34O6. The van der Waals surface area contributed by atoms with Crippen LogP contribution in [-0.2, 0) is 25.5 Å². The van der Waals surface area contributed by atoms with E-state index in [9.17, 15) is 9.59 Å². The maximum Gasteiger partial charge on any atom is 0.335 e. The fourth-order valence-electron chi connectivity index (χ4n) is 2.90. The van der Waals surface area contributed by atoms with Crippen LogP contribution >= 0.6 is 0 Å². The van der Waals surface area contributed by atoms with E-state index in [1.54, 1.807) is 7.11 Å². The molecule has 0 aliphatic carbocycles. The van der Waals surface area contributed by atoms with Crippen molar-refractivity contribution in [1.82, 2.24) is 0 Å². The fourth-order valence-corrected chi connectivity index (χ4v) is 2.90. The monoisotopic (exact) mass is 466 g/mol. The molecule has 0 aromatic heterocycles. The summed E-state index contributed by atoms with van der Waals surface area (Å²) in [4.78, 5) is 21.2. The minimum atomic E-state index is -0.586.